The van der Waals surface area contributed by atoms with E-state index < -0.39 is 0 Å². The van der Waals surface area contributed by atoms with Crippen molar-refractivity contribution in [3.8, 4) is 0 Å². The van der Waals surface area contributed by atoms with Gasteiger partial charge >= 0.3 is 0 Å². The monoisotopic (exact) mass is 269 g/mol. The summed E-state index contributed by atoms with van der Waals surface area (Å²) in [4.78, 5) is 14.1. The Morgan fingerprint density at radius 2 is 2.16 bits per heavy atom. The van der Waals surface area contributed by atoms with E-state index in [2.05, 4.69) is 32.9 Å². The molecule has 0 aromatic rings. The van der Waals surface area contributed by atoms with Crippen LogP contribution in [0.5, 0.6) is 0 Å². The van der Waals surface area contributed by atoms with Gasteiger partial charge in [-0.3, -0.25) is 4.79 Å². The first-order valence-electron chi connectivity index (χ1n) is 7.01. The normalized spacial score (nSPS) is 22.6. The van der Waals surface area contributed by atoms with Gasteiger partial charge in [-0.05, 0) is 30.6 Å². The van der Waals surface area contributed by atoms with Gasteiger partial charge in [-0.15, -0.1) is 0 Å². The van der Waals surface area contributed by atoms with Gasteiger partial charge in [0.25, 0.3) is 0 Å². The van der Waals surface area contributed by atoms with E-state index in [0.29, 0.717) is 18.9 Å². The number of carbonyl (C=O) groups is 1. The number of hydrogen-bond acceptors (Lipinski definition) is 3. The van der Waals surface area contributed by atoms with E-state index in [1.54, 1.807) is 4.90 Å². The first-order chi connectivity index (χ1) is 8.74. The molecule has 2 unspecified atom stereocenters. The fourth-order valence-corrected chi connectivity index (χ4v) is 2.97. The number of rotatable bonds is 4. The van der Waals surface area contributed by atoms with Gasteiger partial charge in [0.05, 0.1) is 6.04 Å². The van der Waals surface area contributed by atoms with E-state index in [4.69, 9.17) is 10.9 Å². The number of amides is 1. The van der Waals surface area contributed by atoms with Crippen LogP contribution in [0.1, 0.15) is 53.4 Å². The SMILES string of the molecule is CC(CC(=O)N1CCCC1C(N)=NO)CC(C)(C)C. The van der Waals surface area contributed by atoms with E-state index in [9.17, 15) is 4.79 Å². The second-order valence-electron chi connectivity index (χ2n) is 6.84. The number of oxime groups is 1. The molecule has 0 spiro atoms. The van der Waals surface area contributed by atoms with Crippen molar-refractivity contribution in [2.45, 2.75) is 59.4 Å². The molecule has 1 aliphatic rings. The Morgan fingerprint density at radius 1 is 1.53 bits per heavy atom. The van der Waals surface area contributed by atoms with Crippen LogP contribution in [-0.4, -0.2) is 34.4 Å². The van der Waals surface area contributed by atoms with Crippen LogP contribution in [-0.2, 0) is 4.79 Å². The Bertz CT molecular complexity index is 347. The van der Waals surface area contributed by atoms with E-state index >= 15 is 0 Å². The molecule has 1 fully saturated rings. The first kappa shape index (κ1) is 15.8. The minimum Gasteiger partial charge on any atom is -0.409 e. The molecule has 1 saturated heterocycles. The topological polar surface area (TPSA) is 78.9 Å². The van der Waals surface area contributed by atoms with Gasteiger partial charge in [0.2, 0.25) is 5.91 Å². The minimum absolute atomic E-state index is 0.117. The number of hydrogen-bond donors (Lipinski definition) is 2. The van der Waals surface area contributed by atoms with Crippen molar-refractivity contribution in [2.75, 3.05) is 6.54 Å². The number of likely N-dealkylation sites (tertiary alicyclic amines) is 1. The van der Waals surface area contributed by atoms with E-state index in [0.717, 1.165) is 19.3 Å². The smallest absolute Gasteiger partial charge is 0.223 e. The van der Waals surface area contributed by atoms with Gasteiger partial charge in [-0.25, -0.2) is 0 Å². The van der Waals surface area contributed by atoms with Gasteiger partial charge in [0, 0.05) is 13.0 Å². The van der Waals surface area contributed by atoms with Crippen molar-refractivity contribution in [1.29, 1.82) is 0 Å². The molecule has 5 nitrogen and oxygen atoms in total. The predicted octanol–water partition coefficient (Wildman–Crippen LogP) is 2.19. The predicted molar refractivity (Wildman–Crippen MR) is 76.0 cm³/mol. The molecule has 110 valence electrons. The van der Waals surface area contributed by atoms with Crippen LogP contribution in [0, 0.1) is 11.3 Å². The molecule has 1 amide bonds. The standard InChI is InChI=1S/C14H27N3O2/c1-10(9-14(2,3)4)8-12(18)17-7-5-6-11(17)13(15)16-19/h10-11,19H,5-9H2,1-4H3,(H2,15,16). The molecule has 0 bridgehead atoms. The number of nitrogens with two attached hydrogens (primary N) is 1. The third-order valence-corrected chi connectivity index (χ3v) is 3.51. The maximum Gasteiger partial charge on any atom is 0.223 e. The van der Waals surface area contributed by atoms with Crippen molar-refractivity contribution in [3.63, 3.8) is 0 Å². The lowest BCUT2D eigenvalue weighted by atomic mass is 9.84. The fraction of sp³-hybridized carbons (Fsp3) is 0.857. The third-order valence-electron chi connectivity index (χ3n) is 3.51. The molecule has 3 N–H and O–H groups in total. The molecule has 0 aromatic carbocycles. The molecule has 1 aliphatic heterocycles. The summed E-state index contributed by atoms with van der Waals surface area (Å²) in [5.74, 6) is 0.612. The van der Waals surface area contributed by atoms with Crippen LogP contribution in [0.4, 0.5) is 0 Å². The molecule has 0 aliphatic carbocycles. The molecule has 1 heterocycles. The quantitative estimate of drug-likeness (QED) is 0.355. The van der Waals surface area contributed by atoms with Crippen LogP contribution in [0.3, 0.4) is 0 Å². The fourth-order valence-electron chi connectivity index (χ4n) is 2.97. The third kappa shape index (κ3) is 4.73. The summed E-state index contributed by atoms with van der Waals surface area (Å²) in [7, 11) is 0. The highest BCUT2D eigenvalue weighted by atomic mass is 16.4. The average Bonchev–Trinajstić information content (AvgIpc) is 2.73. The Morgan fingerprint density at radius 3 is 2.68 bits per heavy atom. The van der Waals surface area contributed by atoms with Gasteiger partial charge in [0.15, 0.2) is 5.84 Å². The summed E-state index contributed by atoms with van der Waals surface area (Å²) >= 11 is 0. The van der Waals surface area contributed by atoms with Gasteiger partial charge < -0.3 is 15.8 Å². The Hall–Kier alpha value is -1.26. The zero-order valence-corrected chi connectivity index (χ0v) is 12.5. The van der Waals surface area contributed by atoms with Crippen LogP contribution >= 0.6 is 0 Å². The Kier molecular flexibility index (Phi) is 5.20. The van der Waals surface area contributed by atoms with E-state index in [-0.39, 0.29) is 23.2 Å². The molecule has 1 rings (SSSR count). The molecule has 0 radical (unpaired) electrons. The number of amidine groups is 1. The lowest BCUT2D eigenvalue weighted by molar-refractivity contribution is -0.132. The van der Waals surface area contributed by atoms with Crippen LogP contribution in [0.25, 0.3) is 0 Å². The molecular weight excluding hydrogens is 242 g/mol. The molecular formula is C14H27N3O2. The summed E-state index contributed by atoms with van der Waals surface area (Å²) in [5.41, 5.74) is 5.88. The van der Waals surface area contributed by atoms with Crippen molar-refractivity contribution < 1.29 is 10.0 Å². The molecule has 0 saturated carbocycles. The van der Waals surface area contributed by atoms with Gasteiger partial charge in [-0.1, -0.05) is 32.9 Å². The van der Waals surface area contributed by atoms with Crippen LogP contribution in [0.15, 0.2) is 5.16 Å². The van der Waals surface area contributed by atoms with Crippen LogP contribution < -0.4 is 5.73 Å². The zero-order chi connectivity index (χ0) is 14.6. The van der Waals surface area contributed by atoms with Gasteiger partial charge in [-0.2, -0.15) is 0 Å². The average molecular weight is 269 g/mol. The largest absolute Gasteiger partial charge is 0.409 e. The van der Waals surface area contributed by atoms with Crippen molar-refractivity contribution in [2.24, 2.45) is 22.2 Å². The summed E-state index contributed by atoms with van der Waals surface area (Å²) < 4.78 is 0. The molecule has 2 atom stereocenters. The molecule has 5 heteroatoms. The first-order valence-corrected chi connectivity index (χ1v) is 7.01. The summed E-state index contributed by atoms with van der Waals surface area (Å²) in [6, 6.07) is -0.223. The van der Waals surface area contributed by atoms with Gasteiger partial charge in [0.1, 0.15) is 0 Å². The van der Waals surface area contributed by atoms with Crippen molar-refractivity contribution >= 4 is 11.7 Å². The number of nitrogens with zero attached hydrogens (tertiary/aromatic N) is 2. The van der Waals surface area contributed by atoms with Crippen LogP contribution in [0.2, 0.25) is 0 Å². The maximum atomic E-state index is 12.3. The van der Waals surface area contributed by atoms with Crippen molar-refractivity contribution in [1.82, 2.24) is 4.90 Å². The van der Waals surface area contributed by atoms with E-state index in [1.165, 1.54) is 0 Å². The van der Waals surface area contributed by atoms with E-state index in [1.807, 2.05) is 0 Å². The second-order valence-corrected chi connectivity index (χ2v) is 6.84. The Labute approximate surface area is 115 Å². The minimum atomic E-state index is -0.223. The lowest BCUT2D eigenvalue weighted by Crippen LogP contribution is -2.44. The highest BCUT2D eigenvalue weighted by Crippen LogP contribution is 2.27. The highest BCUT2D eigenvalue weighted by molar-refractivity contribution is 5.90. The summed E-state index contributed by atoms with van der Waals surface area (Å²) in [6.45, 7) is 9.37. The Balaban J connectivity index is 2.58. The molecule has 0 aromatic heterocycles. The summed E-state index contributed by atoms with van der Waals surface area (Å²) in [5, 5.41) is 11.8. The maximum absolute atomic E-state index is 12.3. The zero-order valence-electron chi connectivity index (χ0n) is 12.5. The number of carbonyl (C=O) groups excluding carboxylic acids is 1. The lowest BCUT2D eigenvalue weighted by Gasteiger charge is -2.27. The van der Waals surface area contributed by atoms with Crippen molar-refractivity contribution in [3.05, 3.63) is 0 Å². The second kappa shape index (κ2) is 6.26. The molecule has 19 heavy (non-hydrogen) atoms. The highest BCUT2D eigenvalue weighted by Gasteiger charge is 2.32. The summed E-state index contributed by atoms with van der Waals surface area (Å²) in [6.07, 6.45) is 3.25.